The van der Waals surface area contributed by atoms with Crippen LogP contribution in [-0.4, -0.2) is 23.2 Å². The van der Waals surface area contributed by atoms with E-state index in [0.29, 0.717) is 5.76 Å². The molecule has 0 aliphatic heterocycles. The maximum atomic E-state index is 11.4. The molecule has 6 nitrogen and oxygen atoms in total. The number of anilines is 1. The summed E-state index contributed by atoms with van der Waals surface area (Å²) in [4.78, 5) is 15.5. The Morgan fingerprint density at radius 3 is 2.75 bits per heavy atom. The summed E-state index contributed by atoms with van der Waals surface area (Å²) in [5.74, 6) is 0.00272. The number of pyridine rings is 1. The van der Waals surface area contributed by atoms with Crippen molar-refractivity contribution in [3.63, 3.8) is 0 Å². The lowest BCUT2D eigenvalue weighted by Gasteiger charge is -2.08. The minimum absolute atomic E-state index is 0.155. The minimum Gasteiger partial charge on any atom is -0.464 e. The van der Waals surface area contributed by atoms with Crippen molar-refractivity contribution < 1.29 is 14.1 Å². The molecule has 24 heavy (non-hydrogen) atoms. The van der Waals surface area contributed by atoms with Gasteiger partial charge in [0.05, 0.1) is 7.11 Å². The number of nitrogens with one attached hydrogen (secondary N) is 1. The Hall–Kier alpha value is -3.15. The molecule has 0 aliphatic carbocycles. The molecule has 3 aromatic rings. The van der Waals surface area contributed by atoms with E-state index < -0.39 is 5.97 Å². The molecule has 0 saturated heterocycles. The molecule has 2 aromatic heterocycles. The fourth-order valence-corrected chi connectivity index (χ4v) is 2.26. The molecule has 0 aliphatic rings. The van der Waals surface area contributed by atoms with Crippen LogP contribution in [0.4, 0.5) is 5.69 Å². The minimum atomic E-state index is -0.518. The van der Waals surface area contributed by atoms with E-state index in [0.717, 1.165) is 23.4 Å². The molecule has 0 radical (unpaired) electrons. The van der Waals surface area contributed by atoms with Crippen LogP contribution in [0.15, 0.2) is 53.3 Å². The molecule has 3 rings (SSSR count). The van der Waals surface area contributed by atoms with Crippen molar-refractivity contribution in [1.29, 1.82) is 0 Å². The summed E-state index contributed by atoms with van der Waals surface area (Å²) in [7, 11) is 1.31. The van der Waals surface area contributed by atoms with Crippen molar-refractivity contribution in [2.45, 2.75) is 13.5 Å². The van der Waals surface area contributed by atoms with Gasteiger partial charge < -0.3 is 14.6 Å². The smallest absolute Gasteiger partial charge is 0.360 e. The fraction of sp³-hybridized carbons (Fsp3) is 0.167. The van der Waals surface area contributed by atoms with Crippen LogP contribution in [0.1, 0.15) is 21.6 Å². The monoisotopic (exact) mass is 323 g/mol. The molecule has 0 unspecified atom stereocenters. The number of rotatable bonds is 5. The van der Waals surface area contributed by atoms with Crippen molar-refractivity contribution >= 4 is 11.7 Å². The number of nitrogens with zero attached hydrogens (tertiary/aromatic N) is 2. The summed E-state index contributed by atoms with van der Waals surface area (Å²) in [6.07, 6.45) is 3.64. The van der Waals surface area contributed by atoms with Gasteiger partial charge in [-0.15, -0.1) is 0 Å². The van der Waals surface area contributed by atoms with Gasteiger partial charge in [-0.3, -0.25) is 4.98 Å². The lowest BCUT2D eigenvalue weighted by atomic mass is 10.1. The van der Waals surface area contributed by atoms with Crippen molar-refractivity contribution in [2.24, 2.45) is 0 Å². The number of methoxy groups -OCH3 is 1. The molecule has 0 fully saturated rings. The van der Waals surface area contributed by atoms with Crippen LogP contribution < -0.4 is 5.32 Å². The second kappa shape index (κ2) is 6.95. The van der Waals surface area contributed by atoms with Gasteiger partial charge in [0, 0.05) is 36.3 Å². The Morgan fingerprint density at radius 1 is 1.25 bits per heavy atom. The van der Waals surface area contributed by atoms with E-state index in [-0.39, 0.29) is 5.69 Å². The zero-order valence-electron chi connectivity index (χ0n) is 13.4. The van der Waals surface area contributed by atoms with Gasteiger partial charge in [-0.2, -0.15) is 0 Å². The highest BCUT2D eigenvalue weighted by Crippen LogP contribution is 2.23. The van der Waals surface area contributed by atoms with Crippen LogP contribution in [0.3, 0.4) is 0 Å². The van der Waals surface area contributed by atoms with Crippen molar-refractivity contribution in [3.05, 3.63) is 65.6 Å². The number of esters is 1. The summed E-state index contributed by atoms with van der Waals surface area (Å²) >= 11 is 0. The van der Waals surface area contributed by atoms with Gasteiger partial charge in [-0.1, -0.05) is 5.16 Å². The summed E-state index contributed by atoms with van der Waals surface area (Å²) in [5.41, 5.74) is 4.33. The summed E-state index contributed by atoms with van der Waals surface area (Å²) in [6.45, 7) is 2.76. The van der Waals surface area contributed by atoms with Gasteiger partial charge >= 0.3 is 5.97 Å². The molecular weight excluding hydrogens is 306 g/mol. The number of carbonyl (C=O) groups excluding carboxylic acids is 1. The highest BCUT2D eigenvalue weighted by Gasteiger charge is 2.13. The van der Waals surface area contributed by atoms with E-state index in [1.807, 2.05) is 43.5 Å². The lowest BCUT2D eigenvalue weighted by Crippen LogP contribution is -2.01. The predicted molar refractivity (Wildman–Crippen MR) is 89.6 cm³/mol. The first kappa shape index (κ1) is 15.7. The standard InChI is InChI=1S/C18H17N3O3/c1-12-10-19-8-7-14(12)11-20-15-5-3-13(4-6-15)17-9-16(21-24-17)18(22)23-2/h3-10,20H,11H2,1-2H3. The average Bonchev–Trinajstić information content (AvgIpc) is 3.11. The highest BCUT2D eigenvalue weighted by atomic mass is 16.5. The Kier molecular flexibility index (Phi) is 4.56. The maximum Gasteiger partial charge on any atom is 0.360 e. The van der Waals surface area contributed by atoms with Gasteiger partial charge in [0.1, 0.15) is 0 Å². The molecule has 0 spiro atoms. The van der Waals surface area contributed by atoms with E-state index in [1.165, 1.54) is 12.7 Å². The van der Waals surface area contributed by atoms with Crippen molar-refractivity contribution in [2.75, 3.05) is 12.4 Å². The maximum absolute atomic E-state index is 11.4. The number of hydrogen-bond acceptors (Lipinski definition) is 6. The van der Waals surface area contributed by atoms with Crippen LogP contribution in [0.2, 0.25) is 0 Å². The highest BCUT2D eigenvalue weighted by molar-refractivity contribution is 5.88. The molecule has 122 valence electrons. The van der Waals surface area contributed by atoms with E-state index in [4.69, 9.17) is 4.52 Å². The topological polar surface area (TPSA) is 77.2 Å². The Bertz CT molecular complexity index is 841. The van der Waals surface area contributed by atoms with Crippen LogP contribution in [-0.2, 0) is 11.3 Å². The molecule has 2 heterocycles. The van der Waals surface area contributed by atoms with Gasteiger partial charge in [-0.05, 0) is 48.4 Å². The van der Waals surface area contributed by atoms with Crippen molar-refractivity contribution in [3.8, 4) is 11.3 Å². The molecule has 0 saturated carbocycles. The summed E-state index contributed by atoms with van der Waals surface area (Å²) < 4.78 is 9.79. The van der Waals surface area contributed by atoms with Crippen LogP contribution in [0, 0.1) is 6.92 Å². The molecule has 1 N–H and O–H groups in total. The van der Waals surface area contributed by atoms with E-state index in [2.05, 4.69) is 20.2 Å². The Labute approximate surface area is 139 Å². The zero-order chi connectivity index (χ0) is 16.9. The first-order chi connectivity index (χ1) is 11.7. The first-order valence-corrected chi connectivity index (χ1v) is 7.46. The third-order valence-corrected chi connectivity index (χ3v) is 3.69. The average molecular weight is 323 g/mol. The Morgan fingerprint density at radius 2 is 2.04 bits per heavy atom. The molecule has 1 aromatic carbocycles. The lowest BCUT2D eigenvalue weighted by molar-refractivity contribution is 0.0589. The summed E-state index contributed by atoms with van der Waals surface area (Å²) in [6, 6.07) is 11.3. The number of carbonyl (C=O) groups is 1. The Balaban J connectivity index is 1.68. The molecule has 0 amide bonds. The third-order valence-electron chi connectivity index (χ3n) is 3.69. The predicted octanol–water partition coefficient (Wildman–Crippen LogP) is 3.44. The van der Waals surface area contributed by atoms with Crippen molar-refractivity contribution in [1.82, 2.24) is 10.1 Å². The summed E-state index contributed by atoms with van der Waals surface area (Å²) in [5, 5.41) is 7.07. The first-order valence-electron chi connectivity index (χ1n) is 7.46. The van der Waals surface area contributed by atoms with Gasteiger partial charge in [0.25, 0.3) is 0 Å². The molecule has 6 heteroatoms. The molecule has 0 bridgehead atoms. The number of aryl methyl sites for hydroxylation is 1. The molecular formula is C18H17N3O3. The second-order valence-corrected chi connectivity index (χ2v) is 5.30. The number of aromatic nitrogens is 2. The van der Waals surface area contributed by atoms with Crippen LogP contribution >= 0.6 is 0 Å². The number of hydrogen-bond donors (Lipinski definition) is 1. The van der Waals surface area contributed by atoms with Crippen LogP contribution in [0.5, 0.6) is 0 Å². The van der Waals surface area contributed by atoms with Gasteiger partial charge in [0.2, 0.25) is 0 Å². The second-order valence-electron chi connectivity index (χ2n) is 5.30. The third kappa shape index (κ3) is 3.43. The SMILES string of the molecule is COC(=O)c1cc(-c2ccc(NCc3ccncc3C)cc2)on1. The molecule has 0 atom stereocenters. The quantitative estimate of drug-likeness (QED) is 0.725. The van der Waals surface area contributed by atoms with E-state index >= 15 is 0 Å². The van der Waals surface area contributed by atoms with Gasteiger partial charge in [-0.25, -0.2) is 4.79 Å². The fourth-order valence-electron chi connectivity index (χ4n) is 2.26. The number of ether oxygens (including phenoxy) is 1. The normalized spacial score (nSPS) is 10.4. The van der Waals surface area contributed by atoms with E-state index in [9.17, 15) is 4.79 Å². The largest absolute Gasteiger partial charge is 0.464 e. The zero-order valence-corrected chi connectivity index (χ0v) is 13.4. The van der Waals surface area contributed by atoms with Gasteiger partial charge in [0.15, 0.2) is 11.5 Å². The number of benzene rings is 1. The van der Waals surface area contributed by atoms with Crippen LogP contribution in [0.25, 0.3) is 11.3 Å². The van der Waals surface area contributed by atoms with E-state index in [1.54, 1.807) is 12.3 Å².